The number of rotatable bonds is 4. The first-order valence-electron chi connectivity index (χ1n) is 8.06. The molecular weight excluding hydrogens is 270 g/mol. The van der Waals surface area contributed by atoms with Crippen LogP contribution in [0.5, 0.6) is 0 Å². The molecule has 0 unspecified atom stereocenters. The summed E-state index contributed by atoms with van der Waals surface area (Å²) in [7, 11) is 0. The normalized spacial score (nSPS) is 19.5. The molecule has 2 aromatic carbocycles. The number of hydrogen-bond donors (Lipinski definition) is 0. The van der Waals surface area contributed by atoms with Crippen LogP contribution in [0, 0.1) is 12.8 Å². The molecule has 1 saturated heterocycles. The maximum Gasteiger partial charge on any atom is 0.226 e. The van der Waals surface area contributed by atoms with Crippen LogP contribution in [0.25, 0.3) is 0 Å². The number of amides is 1. The van der Waals surface area contributed by atoms with Crippen molar-refractivity contribution in [2.75, 3.05) is 6.54 Å². The van der Waals surface area contributed by atoms with Gasteiger partial charge in [-0.2, -0.15) is 0 Å². The Morgan fingerprint density at radius 2 is 1.77 bits per heavy atom. The lowest BCUT2D eigenvalue weighted by Gasteiger charge is -2.25. The molecule has 1 aliphatic rings. The lowest BCUT2D eigenvalue weighted by atomic mass is 9.95. The van der Waals surface area contributed by atoms with Crippen molar-refractivity contribution in [2.45, 2.75) is 32.7 Å². The molecule has 0 aromatic heterocycles. The highest BCUT2D eigenvalue weighted by Gasteiger charge is 2.34. The Balaban J connectivity index is 1.71. The predicted octanol–water partition coefficient (Wildman–Crippen LogP) is 4.15. The molecule has 0 aliphatic carbocycles. The summed E-state index contributed by atoms with van der Waals surface area (Å²) in [5.74, 6) is 0.437. The SMILES string of the molecule is Cc1ccccc1C[C@H]1CCN([C@@H](C)c2ccccc2)C1=O. The van der Waals surface area contributed by atoms with Gasteiger partial charge >= 0.3 is 0 Å². The van der Waals surface area contributed by atoms with Gasteiger partial charge in [0.15, 0.2) is 0 Å². The molecule has 1 fully saturated rings. The van der Waals surface area contributed by atoms with Crippen LogP contribution in [0.2, 0.25) is 0 Å². The van der Waals surface area contributed by atoms with Crippen LogP contribution in [0.1, 0.15) is 36.1 Å². The van der Waals surface area contributed by atoms with E-state index in [1.807, 2.05) is 23.1 Å². The molecule has 2 nitrogen and oxygen atoms in total. The lowest BCUT2D eigenvalue weighted by Crippen LogP contribution is -2.30. The van der Waals surface area contributed by atoms with Gasteiger partial charge in [-0.05, 0) is 43.4 Å². The van der Waals surface area contributed by atoms with Crippen molar-refractivity contribution >= 4 is 5.91 Å². The second-order valence-electron chi connectivity index (χ2n) is 6.23. The van der Waals surface area contributed by atoms with Crippen LogP contribution >= 0.6 is 0 Å². The van der Waals surface area contributed by atoms with E-state index < -0.39 is 0 Å². The predicted molar refractivity (Wildman–Crippen MR) is 89.6 cm³/mol. The average molecular weight is 293 g/mol. The highest BCUT2D eigenvalue weighted by atomic mass is 16.2. The average Bonchev–Trinajstić information content (AvgIpc) is 2.91. The zero-order chi connectivity index (χ0) is 15.5. The molecule has 2 atom stereocenters. The monoisotopic (exact) mass is 293 g/mol. The molecule has 1 heterocycles. The number of likely N-dealkylation sites (tertiary alicyclic amines) is 1. The molecule has 114 valence electrons. The Morgan fingerprint density at radius 3 is 2.50 bits per heavy atom. The van der Waals surface area contributed by atoms with Crippen molar-refractivity contribution < 1.29 is 4.79 Å². The van der Waals surface area contributed by atoms with Crippen molar-refractivity contribution in [2.24, 2.45) is 5.92 Å². The maximum absolute atomic E-state index is 12.8. The highest BCUT2D eigenvalue weighted by molar-refractivity contribution is 5.81. The van der Waals surface area contributed by atoms with Gasteiger partial charge in [-0.25, -0.2) is 0 Å². The van der Waals surface area contributed by atoms with Crippen LogP contribution in [-0.2, 0) is 11.2 Å². The van der Waals surface area contributed by atoms with Gasteiger partial charge in [0, 0.05) is 12.5 Å². The van der Waals surface area contributed by atoms with E-state index in [-0.39, 0.29) is 12.0 Å². The third-order valence-corrected chi connectivity index (χ3v) is 4.83. The summed E-state index contributed by atoms with van der Waals surface area (Å²) in [6, 6.07) is 18.8. The van der Waals surface area contributed by atoms with Crippen LogP contribution in [0.4, 0.5) is 0 Å². The molecule has 0 bridgehead atoms. The van der Waals surface area contributed by atoms with Crippen molar-refractivity contribution in [3.8, 4) is 0 Å². The number of benzene rings is 2. The fourth-order valence-electron chi connectivity index (χ4n) is 3.35. The maximum atomic E-state index is 12.8. The van der Waals surface area contributed by atoms with Gasteiger partial charge in [0.25, 0.3) is 0 Å². The highest BCUT2D eigenvalue weighted by Crippen LogP contribution is 2.30. The molecular formula is C20H23NO. The molecule has 22 heavy (non-hydrogen) atoms. The Morgan fingerprint density at radius 1 is 1.09 bits per heavy atom. The van der Waals surface area contributed by atoms with Crippen molar-refractivity contribution in [1.29, 1.82) is 0 Å². The Bertz CT molecular complexity index is 650. The Labute approximate surface area is 132 Å². The van der Waals surface area contributed by atoms with E-state index in [0.717, 1.165) is 19.4 Å². The zero-order valence-corrected chi connectivity index (χ0v) is 13.3. The largest absolute Gasteiger partial charge is 0.336 e. The van der Waals surface area contributed by atoms with E-state index in [9.17, 15) is 4.79 Å². The van der Waals surface area contributed by atoms with Crippen LogP contribution < -0.4 is 0 Å². The summed E-state index contributed by atoms with van der Waals surface area (Å²) in [4.78, 5) is 14.8. The van der Waals surface area contributed by atoms with Crippen LogP contribution in [0.15, 0.2) is 54.6 Å². The van der Waals surface area contributed by atoms with Gasteiger partial charge < -0.3 is 4.90 Å². The van der Waals surface area contributed by atoms with Crippen molar-refractivity contribution in [3.05, 3.63) is 71.3 Å². The minimum absolute atomic E-state index is 0.132. The fourth-order valence-corrected chi connectivity index (χ4v) is 3.35. The van der Waals surface area contributed by atoms with Gasteiger partial charge in [-0.3, -0.25) is 4.79 Å². The quantitative estimate of drug-likeness (QED) is 0.829. The number of carbonyl (C=O) groups is 1. The zero-order valence-electron chi connectivity index (χ0n) is 13.3. The summed E-state index contributed by atoms with van der Waals surface area (Å²) in [6.07, 6.45) is 1.83. The molecule has 0 N–H and O–H groups in total. The first kappa shape index (κ1) is 14.8. The van der Waals surface area contributed by atoms with E-state index in [4.69, 9.17) is 0 Å². The van der Waals surface area contributed by atoms with Crippen LogP contribution in [-0.4, -0.2) is 17.4 Å². The minimum Gasteiger partial charge on any atom is -0.336 e. The van der Waals surface area contributed by atoms with Gasteiger partial charge in [0.2, 0.25) is 5.91 Å². The minimum atomic E-state index is 0.132. The Kier molecular flexibility index (Phi) is 4.28. The van der Waals surface area contributed by atoms with Crippen molar-refractivity contribution in [1.82, 2.24) is 4.90 Å². The second kappa shape index (κ2) is 6.35. The Hall–Kier alpha value is -2.09. The van der Waals surface area contributed by atoms with E-state index in [1.165, 1.54) is 16.7 Å². The molecule has 1 amide bonds. The summed E-state index contributed by atoms with van der Waals surface area (Å²) in [5, 5.41) is 0. The number of aryl methyl sites for hydroxylation is 1. The summed E-state index contributed by atoms with van der Waals surface area (Å²) < 4.78 is 0. The molecule has 0 radical (unpaired) electrons. The van der Waals surface area contributed by atoms with Gasteiger partial charge in [-0.1, -0.05) is 54.6 Å². The van der Waals surface area contributed by atoms with E-state index >= 15 is 0 Å². The molecule has 1 aliphatic heterocycles. The third kappa shape index (κ3) is 2.92. The third-order valence-electron chi connectivity index (χ3n) is 4.83. The summed E-state index contributed by atoms with van der Waals surface area (Å²) in [6.45, 7) is 5.12. The lowest BCUT2D eigenvalue weighted by molar-refractivity contribution is -0.132. The molecule has 2 heteroatoms. The molecule has 3 rings (SSSR count). The second-order valence-corrected chi connectivity index (χ2v) is 6.23. The van der Waals surface area contributed by atoms with Crippen LogP contribution in [0.3, 0.4) is 0 Å². The fraction of sp³-hybridized carbons (Fsp3) is 0.350. The van der Waals surface area contributed by atoms with Gasteiger partial charge in [0.05, 0.1) is 6.04 Å². The summed E-state index contributed by atoms with van der Waals surface area (Å²) >= 11 is 0. The first-order valence-corrected chi connectivity index (χ1v) is 8.06. The van der Waals surface area contributed by atoms with Gasteiger partial charge in [0.1, 0.15) is 0 Å². The first-order chi connectivity index (χ1) is 10.7. The van der Waals surface area contributed by atoms with E-state index in [2.05, 4.69) is 50.2 Å². The molecule has 0 spiro atoms. The van der Waals surface area contributed by atoms with Crippen molar-refractivity contribution in [3.63, 3.8) is 0 Å². The molecule has 0 saturated carbocycles. The standard InChI is InChI=1S/C20H23NO/c1-15-8-6-7-11-18(15)14-19-12-13-21(20(19)22)16(2)17-9-4-3-5-10-17/h3-11,16,19H,12-14H2,1-2H3/t16-,19+/m0/s1. The smallest absolute Gasteiger partial charge is 0.226 e. The summed E-state index contributed by atoms with van der Waals surface area (Å²) in [5.41, 5.74) is 3.80. The van der Waals surface area contributed by atoms with E-state index in [0.29, 0.717) is 5.91 Å². The number of hydrogen-bond acceptors (Lipinski definition) is 1. The topological polar surface area (TPSA) is 20.3 Å². The number of carbonyl (C=O) groups excluding carboxylic acids is 1. The number of nitrogens with zero attached hydrogens (tertiary/aromatic N) is 1. The molecule has 2 aromatic rings. The van der Waals surface area contributed by atoms with Gasteiger partial charge in [-0.15, -0.1) is 0 Å². The van der Waals surface area contributed by atoms with E-state index in [1.54, 1.807) is 0 Å².